The van der Waals surface area contributed by atoms with E-state index >= 15 is 0 Å². The molecule has 10 heteroatoms. The lowest BCUT2D eigenvalue weighted by Crippen LogP contribution is -2.30. The van der Waals surface area contributed by atoms with Gasteiger partial charge in [-0.05, 0) is 61.6 Å². The molecule has 0 saturated heterocycles. The van der Waals surface area contributed by atoms with Crippen molar-refractivity contribution in [2.75, 3.05) is 11.1 Å². The first-order valence-electron chi connectivity index (χ1n) is 13.5. The highest BCUT2D eigenvalue weighted by atomic mass is 35.5. The Labute approximate surface area is 244 Å². The number of ether oxygens (including phenoxy) is 1. The van der Waals surface area contributed by atoms with Crippen LogP contribution in [0, 0.1) is 0 Å². The first-order valence-corrected chi connectivity index (χ1v) is 15.4. The van der Waals surface area contributed by atoms with Gasteiger partial charge >= 0.3 is 0 Å². The van der Waals surface area contributed by atoms with E-state index < -0.39 is 10.0 Å². The van der Waals surface area contributed by atoms with Gasteiger partial charge in [-0.3, -0.25) is 0 Å². The standard InChI is InChI=1S/C31H30ClN5O3S/c32-28-18-34-31(35-23-13-15-24(16-14-23)40-20-21-7-6-8-22(33)17-21)36-30(28)27-19-37(29-12-5-4-11-26(27)29)41(38,39)25-9-2-1-3-10-25/h1-12,17-19,23-24H,13-16,20,33H2,(H,34,35,36)/t23-,24-. The number of para-hydroxylation sites is 1. The number of halogens is 1. The van der Waals surface area contributed by atoms with E-state index in [-0.39, 0.29) is 17.0 Å². The third kappa shape index (κ3) is 5.79. The number of benzene rings is 3. The fourth-order valence-corrected chi connectivity index (χ4v) is 6.91. The summed E-state index contributed by atoms with van der Waals surface area (Å²) in [6.07, 6.45) is 7.01. The van der Waals surface area contributed by atoms with Crippen LogP contribution in [0.1, 0.15) is 31.2 Å². The first-order chi connectivity index (χ1) is 19.9. The predicted molar refractivity (Wildman–Crippen MR) is 162 cm³/mol. The van der Waals surface area contributed by atoms with Crippen molar-refractivity contribution >= 4 is 44.2 Å². The van der Waals surface area contributed by atoms with Crippen molar-refractivity contribution in [2.45, 2.75) is 49.3 Å². The van der Waals surface area contributed by atoms with Crippen molar-refractivity contribution in [1.82, 2.24) is 13.9 Å². The Morgan fingerprint density at radius 1 is 0.976 bits per heavy atom. The van der Waals surface area contributed by atoms with Crippen LogP contribution in [0.2, 0.25) is 5.02 Å². The molecule has 0 atom stereocenters. The van der Waals surface area contributed by atoms with Gasteiger partial charge in [0.15, 0.2) is 0 Å². The summed E-state index contributed by atoms with van der Waals surface area (Å²) in [5, 5.41) is 4.53. The summed E-state index contributed by atoms with van der Waals surface area (Å²) in [7, 11) is -3.83. The molecule has 6 rings (SSSR count). The van der Waals surface area contributed by atoms with Gasteiger partial charge in [0.1, 0.15) is 0 Å². The molecule has 1 aliphatic rings. The summed E-state index contributed by atoms with van der Waals surface area (Å²) in [6.45, 7) is 0.547. The van der Waals surface area contributed by atoms with Crippen LogP contribution in [0.25, 0.3) is 22.2 Å². The number of nitrogen functional groups attached to an aromatic ring is 1. The summed E-state index contributed by atoms with van der Waals surface area (Å²) in [4.78, 5) is 9.38. The van der Waals surface area contributed by atoms with E-state index in [1.54, 1.807) is 48.8 Å². The Morgan fingerprint density at radius 2 is 1.73 bits per heavy atom. The fourth-order valence-electron chi connectivity index (χ4n) is 5.32. The topological polar surface area (TPSA) is 112 Å². The summed E-state index contributed by atoms with van der Waals surface area (Å²) in [6, 6.07) is 23.7. The second-order valence-electron chi connectivity index (χ2n) is 10.2. The molecule has 1 fully saturated rings. The maximum Gasteiger partial charge on any atom is 0.268 e. The minimum atomic E-state index is -3.83. The van der Waals surface area contributed by atoms with E-state index in [0.717, 1.165) is 42.3 Å². The van der Waals surface area contributed by atoms with Crippen LogP contribution in [0.3, 0.4) is 0 Å². The maximum absolute atomic E-state index is 13.5. The summed E-state index contributed by atoms with van der Waals surface area (Å²) in [5.74, 6) is 0.455. The third-order valence-electron chi connectivity index (χ3n) is 7.42. The van der Waals surface area contributed by atoms with Crippen LogP contribution >= 0.6 is 11.6 Å². The highest BCUT2D eigenvalue weighted by Gasteiger charge is 2.25. The Bertz CT molecular complexity index is 1780. The lowest BCUT2D eigenvalue weighted by atomic mass is 9.93. The molecule has 2 aromatic heterocycles. The predicted octanol–water partition coefficient (Wildman–Crippen LogP) is 6.51. The number of hydrogen-bond acceptors (Lipinski definition) is 7. The molecule has 210 valence electrons. The zero-order chi connectivity index (χ0) is 28.4. The molecule has 0 aliphatic heterocycles. The fraction of sp³-hybridized carbons (Fsp3) is 0.226. The van der Waals surface area contributed by atoms with Crippen molar-refractivity contribution < 1.29 is 13.2 Å². The maximum atomic E-state index is 13.5. The lowest BCUT2D eigenvalue weighted by Gasteiger charge is -2.29. The van der Waals surface area contributed by atoms with Gasteiger partial charge in [-0.1, -0.05) is 60.1 Å². The van der Waals surface area contributed by atoms with E-state index in [9.17, 15) is 8.42 Å². The molecule has 0 unspecified atom stereocenters. The number of fused-ring (bicyclic) bond motifs is 1. The molecule has 0 bridgehead atoms. The van der Waals surface area contributed by atoms with Crippen LogP contribution in [-0.4, -0.2) is 34.5 Å². The van der Waals surface area contributed by atoms with Crippen molar-refractivity contribution in [2.24, 2.45) is 0 Å². The molecule has 8 nitrogen and oxygen atoms in total. The first kappa shape index (κ1) is 27.3. The monoisotopic (exact) mass is 587 g/mol. The van der Waals surface area contributed by atoms with Gasteiger partial charge < -0.3 is 15.8 Å². The molecular formula is C31H30ClN5O3S. The van der Waals surface area contributed by atoms with E-state index in [0.29, 0.717) is 34.4 Å². The molecular weight excluding hydrogens is 558 g/mol. The van der Waals surface area contributed by atoms with Gasteiger partial charge in [-0.25, -0.2) is 22.4 Å². The van der Waals surface area contributed by atoms with Crippen LogP contribution in [0.15, 0.2) is 96.2 Å². The van der Waals surface area contributed by atoms with E-state index in [4.69, 9.17) is 27.1 Å². The third-order valence-corrected chi connectivity index (χ3v) is 9.39. The van der Waals surface area contributed by atoms with Crippen molar-refractivity contribution in [3.05, 3.63) is 102 Å². The Kier molecular flexibility index (Phi) is 7.66. The van der Waals surface area contributed by atoms with Gasteiger partial charge in [0, 0.05) is 28.9 Å². The molecule has 3 N–H and O–H groups in total. The van der Waals surface area contributed by atoms with Gasteiger partial charge in [0.05, 0.1) is 40.0 Å². The molecule has 0 radical (unpaired) electrons. The smallest absolute Gasteiger partial charge is 0.268 e. The Hall–Kier alpha value is -3.92. The molecule has 0 spiro atoms. The average molecular weight is 588 g/mol. The molecule has 41 heavy (non-hydrogen) atoms. The average Bonchev–Trinajstić information content (AvgIpc) is 3.39. The van der Waals surface area contributed by atoms with Gasteiger partial charge in [0.2, 0.25) is 5.95 Å². The number of nitrogens with one attached hydrogen (secondary N) is 1. The quantitative estimate of drug-likeness (QED) is 0.199. The summed E-state index contributed by atoms with van der Waals surface area (Å²) < 4.78 is 34.5. The van der Waals surface area contributed by atoms with Crippen LogP contribution in [0.5, 0.6) is 0 Å². The largest absolute Gasteiger partial charge is 0.399 e. The number of nitrogens with zero attached hydrogens (tertiary/aromatic N) is 3. The summed E-state index contributed by atoms with van der Waals surface area (Å²) in [5.41, 5.74) is 9.33. The second kappa shape index (κ2) is 11.5. The van der Waals surface area contributed by atoms with Crippen LogP contribution in [-0.2, 0) is 21.4 Å². The van der Waals surface area contributed by atoms with Gasteiger partial charge in [-0.15, -0.1) is 0 Å². The molecule has 3 aromatic carbocycles. The van der Waals surface area contributed by atoms with E-state index in [2.05, 4.69) is 10.3 Å². The minimum absolute atomic E-state index is 0.189. The van der Waals surface area contributed by atoms with Crippen molar-refractivity contribution in [3.8, 4) is 11.3 Å². The second-order valence-corrected chi connectivity index (χ2v) is 12.5. The van der Waals surface area contributed by atoms with Crippen molar-refractivity contribution in [1.29, 1.82) is 0 Å². The van der Waals surface area contributed by atoms with Crippen LogP contribution < -0.4 is 11.1 Å². The zero-order valence-corrected chi connectivity index (χ0v) is 23.9. The normalized spacial score (nSPS) is 17.5. The molecule has 0 amide bonds. The Morgan fingerprint density at radius 3 is 2.51 bits per heavy atom. The number of hydrogen-bond donors (Lipinski definition) is 2. The van der Waals surface area contributed by atoms with Gasteiger partial charge in [-0.2, -0.15) is 0 Å². The minimum Gasteiger partial charge on any atom is -0.399 e. The SMILES string of the molecule is Nc1cccc(CO[C@H]2CC[C@H](Nc3ncc(Cl)c(-c4cn(S(=O)(=O)c5ccccc5)c5ccccc45)n3)CC2)c1. The molecule has 2 heterocycles. The van der Waals surface area contributed by atoms with Crippen LogP contribution in [0.4, 0.5) is 11.6 Å². The van der Waals surface area contributed by atoms with Crippen molar-refractivity contribution in [3.63, 3.8) is 0 Å². The lowest BCUT2D eigenvalue weighted by molar-refractivity contribution is 0.0149. The molecule has 1 aliphatic carbocycles. The van der Waals surface area contributed by atoms with Gasteiger partial charge in [0.25, 0.3) is 10.0 Å². The Balaban J connectivity index is 1.20. The number of aromatic nitrogens is 3. The number of nitrogens with two attached hydrogens (primary N) is 1. The van der Waals surface area contributed by atoms with E-state index in [1.807, 2.05) is 42.5 Å². The highest BCUT2D eigenvalue weighted by molar-refractivity contribution is 7.90. The number of rotatable bonds is 8. The zero-order valence-electron chi connectivity index (χ0n) is 22.3. The number of anilines is 2. The molecule has 5 aromatic rings. The highest BCUT2D eigenvalue weighted by Crippen LogP contribution is 2.36. The van der Waals surface area contributed by atoms with E-state index in [1.165, 1.54) is 3.97 Å². The molecule has 1 saturated carbocycles. The summed E-state index contributed by atoms with van der Waals surface area (Å²) >= 11 is 6.59.